The van der Waals surface area contributed by atoms with Crippen LogP contribution in [0.2, 0.25) is 0 Å². The highest BCUT2D eigenvalue weighted by Gasteiger charge is 2.32. The quantitative estimate of drug-likeness (QED) is 0.782. The van der Waals surface area contributed by atoms with Crippen LogP contribution in [-0.2, 0) is 0 Å². The lowest BCUT2D eigenvalue weighted by Gasteiger charge is -2.37. The molecule has 1 fully saturated rings. The van der Waals surface area contributed by atoms with Crippen LogP contribution in [0.1, 0.15) is 24.3 Å². The minimum absolute atomic E-state index is 0.480. The van der Waals surface area contributed by atoms with Crippen molar-refractivity contribution in [1.82, 2.24) is 5.32 Å². The van der Waals surface area contributed by atoms with Gasteiger partial charge in [-0.25, -0.2) is 0 Å². The second kappa shape index (κ2) is 3.98. The molecule has 3 rings (SSSR count). The summed E-state index contributed by atoms with van der Waals surface area (Å²) in [5.41, 5.74) is 1.31. The van der Waals surface area contributed by atoms with Gasteiger partial charge in [0, 0.05) is 17.5 Å². The van der Waals surface area contributed by atoms with Gasteiger partial charge in [-0.3, -0.25) is 0 Å². The van der Waals surface area contributed by atoms with Crippen molar-refractivity contribution in [2.45, 2.75) is 24.8 Å². The summed E-state index contributed by atoms with van der Waals surface area (Å²) in [4.78, 5) is 0. The van der Waals surface area contributed by atoms with Crippen LogP contribution in [0.25, 0.3) is 0 Å². The molecule has 3 nitrogen and oxygen atoms in total. The molecule has 2 aliphatic rings. The molecule has 1 saturated heterocycles. The molecule has 3 heteroatoms. The standard InChI is InChI=1S/C13H17NO2/c1-15-9-4-5-13-11(7-9)10-3-2-6-14-12(10)8-16-13/h4-5,7,10,12,14H,2-3,6,8H2,1H3. The Labute approximate surface area is 95.8 Å². The highest BCUT2D eigenvalue weighted by molar-refractivity contribution is 5.44. The zero-order valence-corrected chi connectivity index (χ0v) is 9.53. The molecule has 2 aliphatic heterocycles. The second-order valence-corrected chi connectivity index (χ2v) is 4.52. The van der Waals surface area contributed by atoms with Crippen molar-refractivity contribution < 1.29 is 9.47 Å². The maximum absolute atomic E-state index is 5.77. The van der Waals surface area contributed by atoms with Crippen LogP contribution in [0.4, 0.5) is 0 Å². The first kappa shape index (κ1) is 9.97. The largest absolute Gasteiger partial charge is 0.497 e. The van der Waals surface area contributed by atoms with Crippen molar-refractivity contribution in [2.24, 2.45) is 0 Å². The van der Waals surface area contributed by atoms with E-state index in [1.54, 1.807) is 7.11 Å². The second-order valence-electron chi connectivity index (χ2n) is 4.52. The van der Waals surface area contributed by atoms with E-state index in [4.69, 9.17) is 9.47 Å². The van der Waals surface area contributed by atoms with Crippen LogP contribution in [-0.4, -0.2) is 26.3 Å². The van der Waals surface area contributed by atoms with Gasteiger partial charge >= 0.3 is 0 Å². The number of rotatable bonds is 1. The number of hydrogen-bond donors (Lipinski definition) is 1. The van der Waals surface area contributed by atoms with Crippen molar-refractivity contribution in [3.8, 4) is 11.5 Å². The smallest absolute Gasteiger partial charge is 0.123 e. The van der Waals surface area contributed by atoms with Gasteiger partial charge in [0.2, 0.25) is 0 Å². The number of piperidine rings is 1. The molecule has 2 unspecified atom stereocenters. The molecule has 0 aliphatic carbocycles. The monoisotopic (exact) mass is 219 g/mol. The van der Waals surface area contributed by atoms with Gasteiger partial charge in [0.25, 0.3) is 0 Å². The number of hydrogen-bond acceptors (Lipinski definition) is 3. The molecular formula is C13H17NO2. The zero-order chi connectivity index (χ0) is 11.0. The van der Waals surface area contributed by atoms with Crippen LogP contribution in [0, 0.1) is 0 Å². The van der Waals surface area contributed by atoms with Crippen LogP contribution >= 0.6 is 0 Å². The molecule has 0 radical (unpaired) electrons. The Bertz CT molecular complexity index is 392. The summed E-state index contributed by atoms with van der Waals surface area (Å²) in [5, 5.41) is 3.53. The summed E-state index contributed by atoms with van der Waals surface area (Å²) in [6.07, 6.45) is 2.50. The molecule has 1 aromatic rings. The van der Waals surface area contributed by atoms with Gasteiger partial charge in [-0.15, -0.1) is 0 Å². The number of nitrogens with one attached hydrogen (secondary N) is 1. The number of benzene rings is 1. The molecule has 0 amide bonds. The predicted octanol–water partition coefficient (Wildman–Crippen LogP) is 1.92. The van der Waals surface area contributed by atoms with E-state index in [1.165, 1.54) is 18.4 Å². The topological polar surface area (TPSA) is 30.5 Å². The molecule has 2 heterocycles. The van der Waals surface area contributed by atoms with Crippen molar-refractivity contribution in [3.05, 3.63) is 23.8 Å². The Morgan fingerprint density at radius 2 is 2.38 bits per heavy atom. The van der Waals surface area contributed by atoms with Crippen LogP contribution in [0.3, 0.4) is 0 Å². The third kappa shape index (κ3) is 1.55. The van der Waals surface area contributed by atoms with Gasteiger partial charge in [0.05, 0.1) is 7.11 Å². The predicted molar refractivity (Wildman–Crippen MR) is 62.3 cm³/mol. The van der Waals surface area contributed by atoms with Crippen molar-refractivity contribution in [1.29, 1.82) is 0 Å². The molecular weight excluding hydrogens is 202 g/mol. The number of fused-ring (bicyclic) bond motifs is 3. The highest BCUT2D eigenvalue weighted by Crippen LogP contribution is 2.39. The summed E-state index contributed by atoms with van der Waals surface area (Å²) in [6.45, 7) is 1.91. The zero-order valence-electron chi connectivity index (χ0n) is 9.53. The summed E-state index contributed by atoms with van der Waals surface area (Å²) in [5.74, 6) is 2.55. The summed E-state index contributed by atoms with van der Waals surface area (Å²) in [6, 6.07) is 6.60. The molecule has 1 aromatic carbocycles. The third-order valence-corrected chi connectivity index (χ3v) is 3.62. The Hall–Kier alpha value is -1.22. The van der Waals surface area contributed by atoms with Crippen LogP contribution in [0.5, 0.6) is 11.5 Å². The fourth-order valence-corrected chi connectivity index (χ4v) is 2.75. The Balaban J connectivity index is 1.98. The Kier molecular flexibility index (Phi) is 2.48. The Morgan fingerprint density at radius 3 is 3.25 bits per heavy atom. The SMILES string of the molecule is COc1ccc2c(c1)C1CCCNC1CO2. The normalized spacial score (nSPS) is 27.6. The fraction of sp³-hybridized carbons (Fsp3) is 0.538. The van der Waals surface area contributed by atoms with E-state index in [0.717, 1.165) is 24.7 Å². The number of methoxy groups -OCH3 is 1. The van der Waals surface area contributed by atoms with Crippen molar-refractivity contribution in [2.75, 3.05) is 20.3 Å². The molecule has 2 atom stereocenters. The minimum Gasteiger partial charge on any atom is -0.497 e. The number of ether oxygens (including phenoxy) is 2. The fourth-order valence-electron chi connectivity index (χ4n) is 2.75. The van der Waals surface area contributed by atoms with E-state index in [-0.39, 0.29) is 0 Å². The molecule has 16 heavy (non-hydrogen) atoms. The lowest BCUT2D eigenvalue weighted by atomic mass is 9.83. The summed E-state index contributed by atoms with van der Waals surface area (Å²) < 4.78 is 11.1. The summed E-state index contributed by atoms with van der Waals surface area (Å²) in [7, 11) is 1.71. The molecule has 0 saturated carbocycles. The van der Waals surface area contributed by atoms with E-state index < -0.39 is 0 Å². The van der Waals surface area contributed by atoms with Crippen LogP contribution < -0.4 is 14.8 Å². The van der Waals surface area contributed by atoms with E-state index in [9.17, 15) is 0 Å². The van der Waals surface area contributed by atoms with Gasteiger partial charge in [0.15, 0.2) is 0 Å². The minimum atomic E-state index is 0.480. The lowest BCUT2D eigenvalue weighted by Crippen LogP contribution is -2.46. The molecule has 0 bridgehead atoms. The van der Waals surface area contributed by atoms with Gasteiger partial charge < -0.3 is 14.8 Å². The Morgan fingerprint density at radius 1 is 1.44 bits per heavy atom. The molecule has 1 N–H and O–H groups in total. The first-order valence-corrected chi connectivity index (χ1v) is 5.92. The summed E-state index contributed by atoms with van der Waals surface area (Å²) >= 11 is 0. The van der Waals surface area contributed by atoms with Gasteiger partial charge in [-0.2, -0.15) is 0 Å². The van der Waals surface area contributed by atoms with Crippen molar-refractivity contribution in [3.63, 3.8) is 0 Å². The maximum Gasteiger partial charge on any atom is 0.123 e. The first-order valence-electron chi connectivity index (χ1n) is 5.92. The first-order chi connectivity index (χ1) is 7.88. The molecule has 0 aromatic heterocycles. The average Bonchev–Trinajstić information content (AvgIpc) is 2.38. The van der Waals surface area contributed by atoms with Gasteiger partial charge in [-0.1, -0.05) is 0 Å². The lowest BCUT2D eigenvalue weighted by molar-refractivity contribution is 0.189. The molecule has 86 valence electrons. The van der Waals surface area contributed by atoms with Gasteiger partial charge in [-0.05, 0) is 37.6 Å². The maximum atomic E-state index is 5.77. The van der Waals surface area contributed by atoms with Crippen molar-refractivity contribution >= 4 is 0 Å². The van der Waals surface area contributed by atoms with E-state index in [2.05, 4.69) is 11.4 Å². The highest BCUT2D eigenvalue weighted by atomic mass is 16.5. The molecule has 0 spiro atoms. The van der Waals surface area contributed by atoms with Gasteiger partial charge in [0.1, 0.15) is 18.1 Å². The van der Waals surface area contributed by atoms with E-state index in [1.807, 2.05) is 12.1 Å². The van der Waals surface area contributed by atoms with E-state index in [0.29, 0.717) is 12.0 Å². The van der Waals surface area contributed by atoms with Crippen LogP contribution in [0.15, 0.2) is 18.2 Å². The average molecular weight is 219 g/mol. The van der Waals surface area contributed by atoms with E-state index >= 15 is 0 Å². The third-order valence-electron chi connectivity index (χ3n) is 3.62.